The molecule has 0 bridgehead atoms. The first-order valence-corrected chi connectivity index (χ1v) is 21.9. The van der Waals surface area contributed by atoms with Gasteiger partial charge >= 0.3 is 151 Å². The Morgan fingerprint density at radius 3 is 0.927 bits per heavy atom. The molecule has 0 aromatic heterocycles. The maximum Gasteiger partial charge on any atom is 0.335 e. The predicted octanol–water partition coefficient (Wildman–Crippen LogP) is 8.76. The molecule has 0 heterocycles. The van der Waals surface area contributed by atoms with Crippen LogP contribution in [0.15, 0.2) is 36.4 Å². The average molecular weight is 800 g/mol. The van der Waals surface area contributed by atoms with E-state index >= 15 is 0 Å². The minimum Gasteiger partial charge on any atom is -0.478 e. The summed E-state index contributed by atoms with van der Waals surface area (Å²) in [5.74, 6) is -6.23. The molecule has 2 rings (SSSR count). The standard InChI is InChI=1S/2C7H4F2O2.4C4H9.H2O.2Sn/c2*8-5-1-4(7(10)11)2-6(9)3-5;4*1-3-4-2;;;/h2*1-3H,(H,10,11);4*1,3-4H2,2H3;1H2;;. The van der Waals surface area contributed by atoms with Crippen LogP contribution >= 0.6 is 0 Å². The van der Waals surface area contributed by atoms with E-state index in [1.54, 1.807) is 17.7 Å². The van der Waals surface area contributed by atoms with Gasteiger partial charge in [-0.15, -0.1) is 0 Å². The van der Waals surface area contributed by atoms with E-state index in [1.165, 1.54) is 51.4 Å². The molecule has 41 heavy (non-hydrogen) atoms. The summed E-state index contributed by atoms with van der Waals surface area (Å²) in [5.41, 5.74) is -0.773. The first-order chi connectivity index (χ1) is 19.0. The van der Waals surface area contributed by atoms with Crippen LogP contribution in [0.1, 0.15) is 99.8 Å². The van der Waals surface area contributed by atoms with Crippen molar-refractivity contribution in [3.05, 3.63) is 70.8 Å². The van der Waals surface area contributed by atoms with E-state index < -0.39 is 35.2 Å². The summed E-state index contributed by atoms with van der Waals surface area (Å²) in [6.45, 7) is 9.16. The number of carboxylic acid groups (broad SMARTS) is 2. The Balaban J connectivity index is -0.000000469. The maximum absolute atomic E-state index is 12.3. The zero-order valence-corrected chi connectivity index (χ0v) is 30.4. The molecule has 5 nitrogen and oxygen atoms in total. The molecule has 0 fully saturated rings. The second-order valence-corrected chi connectivity index (χ2v) is 17.4. The Morgan fingerprint density at radius 2 is 0.756 bits per heavy atom. The van der Waals surface area contributed by atoms with Crippen molar-refractivity contribution in [3.63, 3.8) is 0 Å². The van der Waals surface area contributed by atoms with Crippen molar-refractivity contribution in [2.45, 2.75) is 96.8 Å². The summed E-state index contributed by atoms with van der Waals surface area (Å²) in [7, 11) is 0. The third-order valence-electron chi connectivity index (χ3n) is 5.05. The molecule has 4 N–H and O–H groups in total. The third-order valence-corrected chi connectivity index (χ3v) is 13.1. The van der Waals surface area contributed by atoms with Gasteiger partial charge in [0.1, 0.15) is 23.3 Å². The average Bonchev–Trinajstić information content (AvgIpc) is 2.89. The molecule has 0 atom stereocenters. The van der Waals surface area contributed by atoms with Crippen molar-refractivity contribution in [3.8, 4) is 0 Å². The molecule has 2 aromatic rings. The molecule has 0 spiro atoms. The fraction of sp³-hybridized carbons (Fsp3) is 0.533. The molecular formula is C30H46F4O5Sn2. The van der Waals surface area contributed by atoms with E-state index in [4.69, 9.17) is 10.2 Å². The number of hydrogen-bond acceptors (Lipinski definition) is 2. The van der Waals surface area contributed by atoms with E-state index in [0.717, 1.165) is 24.3 Å². The van der Waals surface area contributed by atoms with Crippen LogP contribution in [0, 0.1) is 23.3 Å². The first-order valence-electron chi connectivity index (χ1n) is 13.8. The maximum atomic E-state index is 12.3. The molecule has 2 aromatic carbocycles. The quantitative estimate of drug-likeness (QED) is 0.113. The molecular weight excluding hydrogens is 754 g/mol. The van der Waals surface area contributed by atoms with Gasteiger partial charge in [0.15, 0.2) is 0 Å². The number of unbranched alkanes of at least 4 members (excludes halogenated alkanes) is 4. The van der Waals surface area contributed by atoms with Crippen molar-refractivity contribution in [2.24, 2.45) is 0 Å². The number of halogens is 4. The number of benzene rings is 2. The van der Waals surface area contributed by atoms with Gasteiger partial charge in [0.05, 0.1) is 11.1 Å². The molecule has 0 saturated heterocycles. The van der Waals surface area contributed by atoms with Crippen molar-refractivity contribution in [1.82, 2.24) is 0 Å². The molecule has 0 unspecified atom stereocenters. The number of carboxylic acids is 2. The molecule has 232 valence electrons. The van der Waals surface area contributed by atoms with E-state index in [0.29, 0.717) is 12.1 Å². The van der Waals surface area contributed by atoms with E-state index in [1.807, 2.05) is 0 Å². The van der Waals surface area contributed by atoms with Crippen LogP contribution in [-0.2, 0) is 0 Å². The van der Waals surface area contributed by atoms with Gasteiger partial charge < -0.3 is 15.7 Å². The van der Waals surface area contributed by atoms with Crippen molar-refractivity contribution < 1.29 is 42.8 Å². The molecule has 11 heteroatoms. The van der Waals surface area contributed by atoms with Crippen LogP contribution in [-0.4, -0.2) is 69.9 Å². The van der Waals surface area contributed by atoms with E-state index in [2.05, 4.69) is 27.7 Å². The second kappa shape index (κ2) is 30.1. The Morgan fingerprint density at radius 1 is 0.537 bits per heavy atom. The fourth-order valence-electron chi connectivity index (χ4n) is 2.81. The molecule has 4 radical (unpaired) electrons. The fourth-order valence-corrected chi connectivity index (χ4v) is 11.1. The van der Waals surface area contributed by atoms with Crippen LogP contribution < -0.4 is 0 Å². The van der Waals surface area contributed by atoms with Crippen molar-refractivity contribution in [1.29, 1.82) is 0 Å². The van der Waals surface area contributed by atoms with Crippen LogP contribution in [0.2, 0.25) is 17.7 Å². The summed E-state index contributed by atoms with van der Waals surface area (Å²) in [5, 5.41) is 16.6. The summed E-state index contributed by atoms with van der Waals surface area (Å²) in [6, 6.07) is 4.26. The minimum atomic E-state index is -1.34. The molecule has 0 aliphatic carbocycles. The number of carbonyl (C=O) groups is 2. The smallest absolute Gasteiger partial charge is 0.335 e. The van der Waals surface area contributed by atoms with Crippen LogP contribution in [0.5, 0.6) is 0 Å². The first kappa shape index (κ1) is 44.1. The summed E-state index contributed by atoms with van der Waals surface area (Å²) in [4.78, 5) is 20.3. The van der Waals surface area contributed by atoms with Crippen molar-refractivity contribution >= 4 is 54.2 Å². The molecule has 0 amide bonds. The largest absolute Gasteiger partial charge is 0.478 e. The van der Waals surface area contributed by atoms with E-state index in [9.17, 15) is 27.2 Å². The predicted molar refractivity (Wildman–Crippen MR) is 161 cm³/mol. The Labute approximate surface area is 263 Å². The second-order valence-electron chi connectivity index (χ2n) is 8.84. The number of rotatable bonds is 14. The normalized spacial score (nSPS) is 9.56. The van der Waals surface area contributed by atoms with Gasteiger partial charge in [0.25, 0.3) is 0 Å². The Bertz CT molecular complexity index is 821. The number of hydrogen-bond donors (Lipinski definition) is 2. The van der Waals surface area contributed by atoms with Gasteiger partial charge in [-0.3, -0.25) is 0 Å². The third kappa shape index (κ3) is 28.5. The molecule has 0 aliphatic rings. The SMILES string of the molecule is CCC[CH2][Sn][CH2]CCC.CCC[CH2][Sn][CH2]CCC.O.O=C(O)c1cc(F)cc(F)c1.O=C(O)c1cc(F)cc(F)c1. The minimum absolute atomic E-state index is 0. The van der Waals surface area contributed by atoms with Gasteiger partial charge in [-0.1, -0.05) is 0 Å². The zero-order chi connectivity index (χ0) is 30.8. The zero-order valence-electron chi connectivity index (χ0n) is 24.7. The summed E-state index contributed by atoms with van der Waals surface area (Å²) >= 11 is 0.299. The van der Waals surface area contributed by atoms with Gasteiger partial charge in [-0.05, 0) is 24.3 Å². The monoisotopic (exact) mass is 802 g/mol. The topological polar surface area (TPSA) is 106 Å². The van der Waals surface area contributed by atoms with Crippen molar-refractivity contribution in [2.75, 3.05) is 0 Å². The van der Waals surface area contributed by atoms with Gasteiger partial charge in [-0.25, -0.2) is 27.2 Å². The van der Waals surface area contributed by atoms with Gasteiger partial charge in [0.2, 0.25) is 0 Å². The Kier molecular flexibility index (Phi) is 32.4. The van der Waals surface area contributed by atoms with Gasteiger partial charge in [-0.2, -0.15) is 0 Å². The number of aromatic carboxylic acids is 2. The molecule has 0 saturated carbocycles. The Hall–Kier alpha value is -1.34. The molecule has 0 aliphatic heterocycles. The van der Waals surface area contributed by atoms with Crippen LogP contribution in [0.25, 0.3) is 0 Å². The van der Waals surface area contributed by atoms with Gasteiger partial charge in [0, 0.05) is 12.1 Å². The van der Waals surface area contributed by atoms with Crippen LogP contribution in [0.3, 0.4) is 0 Å². The summed E-state index contributed by atoms with van der Waals surface area (Å²) in [6.07, 6.45) is 11.7. The van der Waals surface area contributed by atoms with Crippen LogP contribution in [0.4, 0.5) is 17.6 Å². The summed E-state index contributed by atoms with van der Waals surface area (Å²) < 4.78 is 55.6. The van der Waals surface area contributed by atoms with E-state index in [-0.39, 0.29) is 58.9 Å².